The van der Waals surface area contributed by atoms with Gasteiger partial charge in [-0.05, 0) is 30.4 Å². The molecule has 0 spiro atoms. The highest BCUT2D eigenvalue weighted by molar-refractivity contribution is 7.89. The summed E-state index contributed by atoms with van der Waals surface area (Å²) in [7, 11) is -3.55. The lowest BCUT2D eigenvalue weighted by molar-refractivity contribution is 0.336. The van der Waals surface area contributed by atoms with E-state index in [9.17, 15) is 8.42 Å². The lowest BCUT2D eigenvalue weighted by Crippen LogP contribution is -2.34. The van der Waals surface area contributed by atoms with E-state index in [4.69, 9.17) is 5.73 Å². The van der Waals surface area contributed by atoms with E-state index < -0.39 is 10.0 Å². The van der Waals surface area contributed by atoms with Crippen molar-refractivity contribution in [3.8, 4) is 0 Å². The Bertz CT molecular complexity index is 522. The number of aromatic nitrogens is 1. The maximum absolute atomic E-state index is 12.1. The number of anilines is 1. The number of nitrogens with zero attached hydrogens (tertiary/aromatic N) is 1. The van der Waals surface area contributed by atoms with Crippen LogP contribution in [0.4, 0.5) is 5.82 Å². The summed E-state index contributed by atoms with van der Waals surface area (Å²) >= 11 is 0. The molecule has 1 heterocycles. The molecule has 2 rings (SSSR count). The fourth-order valence-corrected chi connectivity index (χ4v) is 3.66. The van der Waals surface area contributed by atoms with Crippen LogP contribution in [0.1, 0.15) is 32.6 Å². The Morgan fingerprint density at radius 3 is 2.72 bits per heavy atom. The van der Waals surface area contributed by atoms with E-state index in [1.165, 1.54) is 25.1 Å². The van der Waals surface area contributed by atoms with Gasteiger partial charge in [-0.1, -0.05) is 19.8 Å². The maximum atomic E-state index is 12.1. The molecule has 0 aliphatic heterocycles. The van der Waals surface area contributed by atoms with Crippen molar-refractivity contribution >= 4 is 15.8 Å². The van der Waals surface area contributed by atoms with Gasteiger partial charge in [0.2, 0.25) is 10.0 Å². The lowest BCUT2D eigenvalue weighted by Gasteiger charge is -2.23. The van der Waals surface area contributed by atoms with E-state index in [2.05, 4.69) is 16.6 Å². The van der Waals surface area contributed by atoms with Crippen LogP contribution in [0.15, 0.2) is 23.2 Å². The average molecular weight is 269 g/mol. The topological polar surface area (TPSA) is 85.1 Å². The number of nitrogens with one attached hydrogen (secondary N) is 1. The number of sulfonamides is 1. The SMILES string of the molecule is CC1(CNS(=O)(=O)c2cccnc2N)CCCC1. The van der Waals surface area contributed by atoms with Crippen molar-refractivity contribution in [3.63, 3.8) is 0 Å². The van der Waals surface area contributed by atoms with Gasteiger partial charge in [0.15, 0.2) is 0 Å². The van der Waals surface area contributed by atoms with Gasteiger partial charge < -0.3 is 5.73 Å². The molecule has 18 heavy (non-hydrogen) atoms. The Morgan fingerprint density at radius 2 is 2.11 bits per heavy atom. The molecular formula is C12H19N3O2S. The average Bonchev–Trinajstić information content (AvgIpc) is 2.75. The van der Waals surface area contributed by atoms with E-state index in [1.54, 1.807) is 6.07 Å². The first kappa shape index (κ1) is 13.3. The van der Waals surface area contributed by atoms with Crippen LogP contribution < -0.4 is 10.5 Å². The van der Waals surface area contributed by atoms with Crippen molar-refractivity contribution < 1.29 is 8.42 Å². The van der Waals surface area contributed by atoms with E-state index in [-0.39, 0.29) is 16.1 Å². The molecule has 0 atom stereocenters. The van der Waals surface area contributed by atoms with Crippen molar-refractivity contribution in [1.82, 2.24) is 9.71 Å². The van der Waals surface area contributed by atoms with Crippen LogP contribution in [0.25, 0.3) is 0 Å². The van der Waals surface area contributed by atoms with Gasteiger partial charge in [0.05, 0.1) is 0 Å². The van der Waals surface area contributed by atoms with Gasteiger partial charge in [-0.2, -0.15) is 0 Å². The van der Waals surface area contributed by atoms with E-state index in [0.717, 1.165) is 12.8 Å². The Kier molecular flexibility index (Phi) is 3.59. The predicted octanol–water partition coefficient (Wildman–Crippen LogP) is 1.52. The van der Waals surface area contributed by atoms with Crippen LogP contribution in [0.3, 0.4) is 0 Å². The van der Waals surface area contributed by atoms with Crippen LogP contribution in [-0.2, 0) is 10.0 Å². The number of hydrogen-bond acceptors (Lipinski definition) is 4. The quantitative estimate of drug-likeness (QED) is 0.868. The first-order chi connectivity index (χ1) is 8.43. The molecule has 1 aromatic rings. The minimum absolute atomic E-state index is 0.0431. The highest BCUT2D eigenvalue weighted by atomic mass is 32.2. The van der Waals surface area contributed by atoms with Gasteiger partial charge in [0, 0.05) is 12.7 Å². The zero-order valence-electron chi connectivity index (χ0n) is 10.5. The van der Waals surface area contributed by atoms with Crippen molar-refractivity contribution in [2.24, 2.45) is 5.41 Å². The molecule has 0 unspecified atom stereocenters. The Hall–Kier alpha value is -1.14. The number of pyridine rings is 1. The first-order valence-corrected chi connectivity index (χ1v) is 7.61. The minimum atomic E-state index is -3.55. The summed E-state index contributed by atoms with van der Waals surface area (Å²) < 4.78 is 26.9. The summed E-state index contributed by atoms with van der Waals surface area (Å²) in [5.41, 5.74) is 5.67. The second-order valence-corrected chi connectivity index (χ2v) is 6.96. The Balaban J connectivity index is 2.11. The predicted molar refractivity (Wildman–Crippen MR) is 70.4 cm³/mol. The van der Waals surface area contributed by atoms with Gasteiger partial charge in [0.1, 0.15) is 10.7 Å². The summed E-state index contributed by atoms with van der Waals surface area (Å²) in [4.78, 5) is 3.86. The number of rotatable bonds is 4. The Labute approximate surface area is 108 Å². The van der Waals surface area contributed by atoms with Crippen molar-refractivity contribution in [3.05, 3.63) is 18.3 Å². The minimum Gasteiger partial charge on any atom is -0.383 e. The van der Waals surface area contributed by atoms with Gasteiger partial charge in [-0.15, -0.1) is 0 Å². The van der Waals surface area contributed by atoms with Crippen LogP contribution in [0, 0.1) is 5.41 Å². The molecule has 0 bridgehead atoms. The second-order valence-electron chi connectivity index (χ2n) is 5.23. The first-order valence-electron chi connectivity index (χ1n) is 6.13. The molecule has 3 N–H and O–H groups in total. The van der Waals surface area contributed by atoms with E-state index in [1.807, 2.05) is 0 Å². The smallest absolute Gasteiger partial charge is 0.244 e. The van der Waals surface area contributed by atoms with E-state index in [0.29, 0.717) is 6.54 Å². The molecule has 1 aliphatic rings. The van der Waals surface area contributed by atoms with Crippen molar-refractivity contribution in [2.45, 2.75) is 37.5 Å². The third-order valence-electron chi connectivity index (χ3n) is 3.59. The fraction of sp³-hybridized carbons (Fsp3) is 0.583. The second kappa shape index (κ2) is 4.85. The highest BCUT2D eigenvalue weighted by Crippen LogP contribution is 2.37. The molecule has 100 valence electrons. The molecule has 0 saturated heterocycles. The largest absolute Gasteiger partial charge is 0.383 e. The van der Waals surface area contributed by atoms with Crippen molar-refractivity contribution in [2.75, 3.05) is 12.3 Å². The highest BCUT2D eigenvalue weighted by Gasteiger charge is 2.30. The molecule has 1 aliphatic carbocycles. The maximum Gasteiger partial charge on any atom is 0.244 e. The fourth-order valence-electron chi connectivity index (χ4n) is 2.38. The number of nitrogens with two attached hydrogens (primary N) is 1. The molecule has 1 aromatic heterocycles. The third kappa shape index (κ3) is 2.81. The molecule has 0 aromatic carbocycles. The molecule has 0 amide bonds. The van der Waals surface area contributed by atoms with Crippen LogP contribution in [0.5, 0.6) is 0 Å². The monoisotopic (exact) mass is 269 g/mol. The van der Waals surface area contributed by atoms with Crippen molar-refractivity contribution in [1.29, 1.82) is 0 Å². The summed E-state index contributed by atoms with van der Waals surface area (Å²) in [6.45, 7) is 2.58. The van der Waals surface area contributed by atoms with Crippen LogP contribution in [0.2, 0.25) is 0 Å². The third-order valence-corrected chi connectivity index (χ3v) is 5.04. The lowest BCUT2D eigenvalue weighted by atomic mass is 9.89. The zero-order valence-corrected chi connectivity index (χ0v) is 11.3. The molecule has 5 nitrogen and oxygen atoms in total. The Morgan fingerprint density at radius 1 is 1.44 bits per heavy atom. The van der Waals surface area contributed by atoms with Gasteiger partial charge in [-0.25, -0.2) is 18.1 Å². The zero-order chi connectivity index (χ0) is 13.2. The van der Waals surface area contributed by atoms with Gasteiger partial charge >= 0.3 is 0 Å². The normalized spacial score (nSPS) is 18.9. The summed E-state index contributed by atoms with van der Waals surface area (Å²) in [6, 6.07) is 3.05. The van der Waals surface area contributed by atoms with Gasteiger partial charge in [0.25, 0.3) is 0 Å². The summed E-state index contributed by atoms with van der Waals surface area (Å²) in [6.07, 6.45) is 5.96. The number of hydrogen-bond donors (Lipinski definition) is 2. The standard InChI is InChI=1S/C12H19N3O2S/c1-12(6-2-3-7-12)9-15-18(16,17)10-5-4-8-14-11(10)13/h4-5,8,15H,2-3,6-7,9H2,1H3,(H2,13,14). The molecule has 6 heteroatoms. The molecule has 1 fully saturated rings. The number of nitrogen functional groups attached to an aromatic ring is 1. The van der Waals surface area contributed by atoms with Gasteiger partial charge in [-0.3, -0.25) is 0 Å². The summed E-state index contributed by atoms with van der Waals surface area (Å²) in [5.74, 6) is 0.0431. The van der Waals surface area contributed by atoms with E-state index >= 15 is 0 Å². The van der Waals surface area contributed by atoms with Crippen LogP contribution in [-0.4, -0.2) is 19.9 Å². The molecule has 0 radical (unpaired) electrons. The molecular weight excluding hydrogens is 250 g/mol. The summed E-state index contributed by atoms with van der Waals surface area (Å²) in [5, 5.41) is 0. The molecule has 1 saturated carbocycles. The van der Waals surface area contributed by atoms with Crippen LogP contribution >= 0.6 is 0 Å².